The Morgan fingerprint density at radius 2 is 2.37 bits per heavy atom. The first kappa shape index (κ1) is 15.2. The lowest BCUT2D eigenvalue weighted by molar-refractivity contribution is 0.0387. The Bertz CT molecular complexity index is 438. The second-order valence-corrected chi connectivity index (χ2v) is 6.06. The lowest BCUT2D eigenvalue weighted by Crippen LogP contribution is -2.34. The molecule has 0 bridgehead atoms. The summed E-state index contributed by atoms with van der Waals surface area (Å²) in [4.78, 5) is 0. The van der Waals surface area contributed by atoms with Crippen LogP contribution in [0.3, 0.4) is 0 Å². The van der Waals surface area contributed by atoms with Gasteiger partial charge in [-0.3, -0.25) is 0 Å². The van der Waals surface area contributed by atoms with Crippen LogP contribution in [0.15, 0.2) is 16.6 Å². The SMILES string of the molecule is CCNC(c1cc(Cl)c(Br)cc1F)C1CCCOC1. The second kappa shape index (κ2) is 7.02. The highest BCUT2D eigenvalue weighted by atomic mass is 79.9. The molecule has 0 amide bonds. The standard InChI is InChI=1S/C14H18BrClFNO/c1-2-18-14(9-4-3-5-19-8-9)10-6-12(16)11(15)7-13(10)17/h6-7,9,14,18H,2-5,8H2,1H3. The van der Waals surface area contributed by atoms with Crippen LogP contribution in [0.5, 0.6) is 0 Å². The largest absolute Gasteiger partial charge is 0.381 e. The molecule has 1 N–H and O–H groups in total. The third kappa shape index (κ3) is 3.69. The van der Waals surface area contributed by atoms with Gasteiger partial charge in [-0.05, 0) is 47.4 Å². The summed E-state index contributed by atoms with van der Waals surface area (Å²) in [7, 11) is 0. The highest BCUT2D eigenvalue weighted by molar-refractivity contribution is 9.10. The first-order valence-electron chi connectivity index (χ1n) is 6.59. The Morgan fingerprint density at radius 3 is 3.00 bits per heavy atom. The van der Waals surface area contributed by atoms with Crippen molar-refractivity contribution in [3.05, 3.63) is 33.0 Å². The van der Waals surface area contributed by atoms with E-state index in [-0.39, 0.29) is 11.9 Å². The predicted octanol–water partition coefficient (Wildman–Crippen LogP) is 4.32. The highest BCUT2D eigenvalue weighted by Crippen LogP contribution is 2.34. The van der Waals surface area contributed by atoms with Crippen LogP contribution in [-0.4, -0.2) is 19.8 Å². The maximum absolute atomic E-state index is 14.2. The molecule has 2 nitrogen and oxygen atoms in total. The molecular weight excluding hydrogens is 333 g/mol. The van der Waals surface area contributed by atoms with Gasteiger partial charge in [0, 0.05) is 28.6 Å². The number of ether oxygens (including phenoxy) is 1. The highest BCUT2D eigenvalue weighted by Gasteiger charge is 2.27. The molecule has 1 heterocycles. The molecule has 19 heavy (non-hydrogen) atoms. The molecule has 1 aliphatic heterocycles. The molecule has 1 aliphatic rings. The van der Waals surface area contributed by atoms with Crippen LogP contribution in [0.25, 0.3) is 0 Å². The fourth-order valence-electron chi connectivity index (χ4n) is 2.56. The molecule has 0 aromatic heterocycles. The number of halogens is 3. The van der Waals surface area contributed by atoms with Crippen LogP contribution >= 0.6 is 27.5 Å². The van der Waals surface area contributed by atoms with Gasteiger partial charge < -0.3 is 10.1 Å². The van der Waals surface area contributed by atoms with E-state index >= 15 is 0 Å². The smallest absolute Gasteiger partial charge is 0.129 e. The summed E-state index contributed by atoms with van der Waals surface area (Å²) >= 11 is 9.34. The van der Waals surface area contributed by atoms with Crippen molar-refractivity contribution >= 4 is 27.5 Å². The fourth-order valence-corrected chi connectivity index (χ4v) is 3.04. The summed E-state index contributed by atoms with van der Waals surface area (Å²) in [6, 6.07) is 3.10. The van der Waals surface area contributed by atoms with Crippen molar-refractivity contribution in [1.82, 2.24) is 5.32 Å². The van der Waals surface area contributed by atoms with E-state index in [4.69, 9.17) is 16.3 Å². The van der Waals surface area contributed by atoms with E-state index in [0.717, 1.165) is 26.0 Å². The molecular formula is C14H18BrClFNO. The molecule has 2 atom stereocenters. The Hall–Kier alpha value is -0.160. The summed E-state index contributed by atoms with van der Waals surface area (Å²) in [5.41, 5.74) is 0.630. The zero-order valence-corrected chi connectivity index (χ0v) is 13.2. The van der Waals surface area contributed by atoms with Gasteiger partial charge in [0.2, 0.25) is 0 Å². The minimum absolute atomic E-state index is 0.0455. The zero-order valence-electron chi connectivity index (χ0n) is 10.9. The average molecular weight is 351 g/mol. The Balaban J connectivity index is 2.29. The molecule has 1 aromatic rings. The fraction of sp³-hybridized carbons (Fsp3) is 0.571. The first-order valence-corrected chi connectivity index (χ1v) is 7.76. The van der Waals surface area contributed by atoms with Crippen LogP contribution in [0.2, 0.25) is 5.02 Å². The normalized spacial score (nSPS) is 21.4. The first-order chi connectivity index (χ1) is 9.13. The van der Waals surface area contributed by atoms with Gasteiger partial charge in [0.05, 0.1) is 11.6 Å². The van der Waals surface area contributed by atoms with Crippen LogP contribution in [-0.2, 0) is 4.74 Å². The van der Waals surface area contributed by atoms with Crippen molar-refractivity contribution in [2.45, 2.75) is 25.8 Å². The van der Waals surface area contributed by atoms with E-state index in [2.05, 4.69) is 21.2 Å². The van der Waals surface area contributed by atoms with E-state index in [0.29, 0.717) is 27.6 Å². The molecule has 2 unspecified atom stereocenters. The molecule has 1 aromatic carbocycles. The summed E-state index contributed by atoms with van der Waals surface area (Å²) in [5.74, 6) is 0.0632. The second-order valence-electron chi connectivity index (χ2n) is 4.80. The quantitative estimate of drug-likeness (QED) is 0.817. The molecule has 0 radical (unpaired) electrons. The van der Waals surface area contributed by atoms with E-state index in [1.165, 1.54) is 6.07 Å². The van der Waals surface area contributed by atoms with Crippen LogP contribution < -0.4 is 5.32 Å². The molecule has 0 saturated carbocycles. The molecule has 0 aliphatic carbocycles. The van der Waals surface area contributed by atoms with Gasteiger partial charge in [0.25, 0.3) is 0 Å². The van der Waals surface area contributed by atoms with Crippen LogP contribution in [0.1, 0.15) is 31.4 Å². The number of benzene rings is 1. The lowest BCUT2D eigenvalue weighted by atomic mass is 9.88. The van der Waals surface area contributed by atoms with Gasteiger partial charge >= 0.3 is 0 Å². The molecule has 0 spiro atoms. The summed E-state index contributed by atoms with van der Waals surface area (Å²) in [6.45, 7) is 4.28. The Kier molecular flexibility index (Phi) is 5.63. The number of nitrogens with one attached hydrogen (secondary N) is 1. The van der Waals surface area contributed by atoms with Gasteiger partial charge in [-0.25, -0.2) is 4.39 Å². The number of hydrogen-bond acceptors (Lipinski definition) is 2. The van der Waals surface area contributed by atoms with Gasteiger partial charge in [-0.15, -0.1) is 0 Å². The third-order valence-corrected chi connectivity index (χ3v) is 4.66. The molecule has 5 heteroatoms. The summed E-state index contributed by atoms with van der Waals surface area (Å²) in [5, 5.41) is 3.90. The Labute approximate surface area is 126 Å². The summed E-state index contributed by atoms with van der Waals surface area (Å²) < 4.78 is 20.3. The monoisotopic (exact) mass is 349 g/mol. The number of rotatable bonds is 4. The van der Waals surface area contributed by atoms with Crippen LogP contribution in [0, 0.1) is 11.7 Å². The van der Waals surface area contributed by atoms with Crippen molar-refractivity contribution in [2.24, 2.45) is 5.92 Å². The average Bonchev–Trinajstić information content (AvgIpc) is 2.42. The number of hydrogen-bond donors (Lipinski definition) is 1. The van der Waals surface area contributed by atoms with Gasteiger partial charge in [-0.2, -0.15) is 0 Å². The van der Waals surface area contributed by atoms with Gasteiger partial charge in [0.1, 0.15) is 5.82 Å². The van der Waals surface area contributed by atoms with Crippen molar-refractivity contribution < 1.29 is 9.13 Å². The van der Waals surface area contributed by atoms with Crippen molar-refractivity contribution in [3.8, 4) is 0 Å². The van der Waals surface area contributed by atoms with Crippen molar-refractivity contribution in [2.75, 3.05) is 19.8 Å². The topological polar surface area (TPSA) is 21.3 Å². The van der Waals surface area contributed by atoms with Crippen LogP contribution in [0.4, 0.5) is 4.39 Å². The van der Waals surface area contributed by atoms with E-state index in [1.54, 1.807) is 6.07 Å². The van der Waals surface area contributed by atoms with E-state index < -0.39 is 0 Å². The van der Waals surface area contributed by atoms with Crippen molar-refractivity contribution in [1.29, 1.82) is 0 Å². The lowest BCUT2D eigenvalue weighted by Gasteiger charge is -2.31. The minimum atomic E-state index is -0.229. The van der Waals surface area contributed by atoms with Crippen molar-refractivity contribution in [3.63, 3.8) is 0 Å². The maximum Gasteiger partial charge on any atom is 0.129 e. The van der Waals surface area contributed by atoms with Gasteiger partial charge in [-0.1, -0.05) is 18.5 Å². The predicted molar refractivity (Wildman–Crippen MR) is 79.1 cm³/mol. The molecule has 2 rings (SSSR count). The molecule has 106 valence electrons. The summed E-state index contributed by atoms with van der Waals surface area (Å²) in [6.07, 6.45) is 2.07. The zero-order chi connectivity index (χ0) is 13.8. The molecule has 1 saturated heterocycles. The third-order valence-electron chi connectivity index (χ3n) is 3.47. The maximum atomic E-state index is 14.2. The van der Waals surface area contributed by atoms with Gasteiger partial charge in [0.15, 0.2) is 0 Å². The van der Waals surface area contributed by atoms with E-state index in [9.17, 15) is 4.39 Å². The minimum Gasteiger partial charge on any atom is -0.381 e. The Morgan fingerprint density at radius 1 is 1.58 bits per heavy atom. The van der Waals surface area contributed by atoms with E-state index in [1.807, 2.05) is 6.92 Å². The molecule has 1 fully saturated rings.